The molecule has 0 aliphatic carbocycles. The van der Waals surface area contributed by atoms with Gasteiger partial charge in [0.15, 0.2) is 6.10 Å². The van der Waals surface area contributed by atoms with Crippen molar-refractivity contribution in [3.63, 3.8) is 0 Å². The average Bonchev–Trinajstić information content (AvgIpc) is 2.59. The minimum absolute atomic E-state index is 0.174. The fraction of sp³-hybridized carbons (Fsp3) is 0.556. The molecule has 0 spiro atoms. The number of aromatic nitrogens is 2. The number of halogens is 2. The standard InChI is InChI=1S/C9H13F2N4O6P/c10-9(11)6(16)4(3-20-22(13,18)19)21-7(9)15-2-1-5(12)14-8(15)17/h1-2,4,6-7,16H,3H2,(H2,12,14,17)(H3,13,18,19)/t4-,6+,7-/m1/s1. The van der Waals surface area contributed by atoms with Gasteiger partial charge in [0.05, 0.1) is 6.61 Å². The number of alkyl halides is 2. The second-order valence-electron chi connectivity index (χ2n) is 4.55. The molecule has 13 heteroatoms. The number of ether oxygens (including phenoxy) is 1. The fourth-order valence-electron chi connectivity index (χ4n) is 1.89. The summed E-state index contributed by atoms with van der Waals surface area (Å²) in [5.41, 5.74) is 8.84. The number of nitrogen functional groups attached to an aromatic ring is 1. The third kappa shape index (κ3) is 3.32. The van der Waals surface area contributed by atoms with Crippen LogP contribution in [-0.2, 0) is 13.8 Å². The molecule has 22 heavy (non-hydrogen) atoms. The lowest BCUT2D eigenvalue weighted by Gasteiger charge is -2.20. The Morgan fingerprint density at radius 3 is 2.77 bits per heavy atom. The van der Waals surface area contributed by atoms with Crippen molar-refractivity contribution >= 4 is 13.6 Å². The van der Waals surface area contributed by atoms with Crippen LogP contribution in [0.25, 0.3) is 0 Å². The molecule has 6 N–H and O–H groups in total. The molecule has 0 radical (unpaired) electrons. The monoisotopic (exact) mass is 342 g/mol. The lowest BCUT2D eigenvalue weighted by atomic mass is 10.1. The Kier molecular flexibility index (Phi) is 4.35. The second kappa shape index (κ2) is 5.65. The van der Waals surface area contributed by atoms with Gasteiger partial charge in [-0.15, -0.1) is 0 Å². The van der Waals surface area contributed by atoms with Gasteiger partial charge in [-0.2, -0.15) is 13.8 Å². The first-order chi connectivity index (χ1) is 10.0. The second-order valence-corrected chi connectivity index (χ2v) is 5.93. The Bertz CT molecular complexity index is 664. The molecule has 4 atom stereocenters. The van der Waals surface area contributed by atoms with Gasteiger partial charge < -0.3 is 20.5 Å². The van der Waals surface area contributed by atoms with Crippen LogP contribution < -0.4 is 16.9 Å². The molecule has 1 fully saturated rings. The largest absolute Gasteiger partial charge is 0.400 e. The third-order valence-electron chi connectivity index (χ3n) is 2.91. The van der Waals surface area contributed by atoms with Gasteiger partial charge in [-0.05, 0) is 6.07 Å². The van der Waals surface area contributed by atoms with Crippen LogP contribution in [0.5, 0.6) is 0 Å². The summed E-state index contributed by atoms with van der Waals surface area (Å²) in [7, 11) is -4.43. The van der Waals surface area contributed by atoms with E-state index in [1.807, 2.05) is 0 Å². The summed E-state index contributed by atoms with van der Waals surface area (Å²) in [4.78, 5) is 23.6. The number of anilines is 1. The van der Waals surface area contributed by atoms with Crippen LogP contribution in [0.2, 0.25) is 0 Å². The van der Waals surface area contributed by atoms with E-state index >= 15 is 0 Å². The molecule has 1 aromatic heterocycles. The highest BCUT2D eigenvalue weighted by Crippen LogP contribution is 2.43. The summed E-state index contributed by atoms with van der Waals surface area (Å²) in [5.74, 6) is -4.05. The summed E-state index contributed by atoms with van der Waals surface area (Å²) in [6.07, 6.45) is -5.30. The van der Waals surface area contributed by atoms with Crippen molar-refractivity contribution < 1.29 is 32.6 Å². The highest BCUT2D eigenvalue weighted by Gasteiger charge is 2.59. The first-order valence-corrected chi connectivity index (χ1v) is 7.49. The SMILES string of the molecule is Nc1ccn([C@@H]2O[C@H](COP(N)(=O)O)[C@H](O)C2(F)F)c(=O)n1. The van der Waals surface area contributed by atoms with E-state index in [0.717, 1.165) is 12.3 Å². The van der Waals surface area contributed by atoms with Gasteiger partial charge in [-0.3, -0.25) is 9.09 Å². The van der Waals surface area contributed by atoms with Gasteiger partial charge in [-0.25, -0.2) is 14.9 Å². The highest BCUT2D eigenvalue weighted by molar-refractivity contribution is 7.50. The number of aliphatic hydroxyl groups is 1. The van der Waals surface area contributed by atoms with Crippen molar-refractivity contribution in [2.45, 2.75) is 24.4 Å². The van der Waals surface area contributed by atoms with Crippen LogP contribution in [0.4, 0.5) is 14.6 Å². The number of aliphatic hydroxyl groups excluding tert-OH is 1. The van der Waals surface area contributed by atoms with Crippen molar-refractivity contribution in [3.05, 3.63) is 22.7 Å². The molecule has 0 aromatic carbocycles. The maximum Gasteiger partial charge on any atom is 0.400 e. The molecule has 0 bridgehead atoms. The lowest BCUT2D eigenvalue weighted by Crippen LogP contribution is -2.42. The first kappa shape index (κ1) is 16.9. The van der Waals surface area contributed by atoms with Crippen LogP contribution in [-0.4, -0.2) is 44.3 Å². The smallest absolute Gasteiger partial charge is 0.384 e. The highest BCUT2D eigenvalue weighted by atomic mass is 31.2. The van der Waals surface area contributed by atoms with Crippen LogP contribution in [0.3, 0.4) is 0 Å². The Morgan fingerprint density at radius 1 is 1.59 bits per heavy atom. The average molecular weight is 342 g/mol. The minimum atomic E-state index is -4.43. The minimum Gasteiger partial charge on any atom is -0.384 e. The van der Waals surface area contributed by atoms with Crippen molar-refractivity contribution in [2.24, 2.45) is 5.50 Å². The molecule has 1 unspecified atom stereocenters. The van der Waals surface area contributed by atoms with E-state index in [9.17, 15) is 23.2 Å². The predicted molar refractivity (Wildman–Crippen MR) is 67.7 cm³/mol. The van der Waals surface area contributed by atoms with Crippen molar-refractivity contribution in [1.82, 2.24) is 9.55 Å². The molecule has 1 saturated heterocycles. The molecule has 1 aliphatic heterocycles. The lowest BCUT2D eigenvalue weighted by molar-refractivity contribution is -0.140. The third-order valence-corrected chi connectivity index (χ3v) is 3.43. The number of hydrogen-bond acceptors (Lipinski definition) is 7. The summed E-state index contributed by atoms with van der Waals surface area (Å²) in [5, 5.41) is 9.56. The molecule has 0 saturated carbocycles. The van der Waals surface area contributed by atoms with E-state index in [1.54, 1.807) is 0 Å². The van der Waals surface area contributed by atoms with E-state index < -0.39 is 44.4 Å². The Balaban J connectivity index is 2.26. The molecule has 10 nitrogen and oxygen atoms in total. The van der Waals surface area contributed by atoms with Gasteiger partial charge in [-0.1, -0.05) is 0 Å². The normalized spacial score (nSPS) is 30.1. The molecule has 2 heterocycles. The van der Waals surface area contributed by atoms with Gasteiger partial charge in [0, 0.05) is 6.20 Å². The quantitative estimate of drug-likeness (QED) is 0.492. The van der Waals surface area contributed by atoms with Crippen molar-refractivity contribution in [3.8, 4) is 0 Å². The molecule has 1 aliphatic rings. The topological polar surface area (TPSA) is 163 Å². The molecule has 1 aromatic rings. The van der Waals surface area contributed by atoms with Gasteiger partial charge in [0.25, 0.3) is 0 Å². The Hall–Kier alpha value is -1.43. The van der Waals surface area contributed by atoms with Crippen molar-refractivity contribution in [1.29, 1.82) is 0 Å². The van der Waals surface area contributed by atoms with E-state index in [4.69, 9.17) is 20.9 Å². The summed E-state index contributed by atoms with van der Waals surface area (Å²) in [6.45, 7) is -0.866. The maximum atomic E-state index is 14.0. The number of rotatable bonds is 4. The number of hydrogen-bond donors (Lipinski definition) is 4. The van der Waals surface area contributed by atoms with Gasteiger partial charge in [0.1, 0.15) is 11.9 Å². The summed E-state index contributed by atoms with van der Waals surface area (Å²) in [6, 6.07) is 1.10. The summed E-state index contributed by atoms with van der Waals surface area (Å²) >= 11 is 0. The molecule has 124 valence electrons. The molecule has 0 amide bonds. The van der Waals surface area contributed by atoms with Crippen LogP contribution in [0.15, 0.2) is 17.1 Å². The van der Waals surface area contributed by atoms with Crippen LogP contribution >= 0.6 is 7.75 Å². The predicted octanol–water partition coefficient (Wildman–Crippen LogP) is -1.21. The summed E-state index contributed by atoms with van der Waals surface area (Å²) < 4.78 is 48.4. The van der Waals surface area contributed by atoms with Crippen LogP contribution in [0, 0.1) is 0 Å². The zero-order chi connectivity index (χ0) is 16.7. The van der Waals surface area contributed by atoms with E-state index in [2.05, 4.69) is 9.51 Å². The van der Waals surface area contributed by atoms with Gasteiger partial charge >= 0.3 is 19.4 Å². The Morgan fingerprint density at radius 2 is 2.23 bits per heavy atom. The van der Waals surface area contributed by atoms with E-state index in [0.29, 0.717) is 4.57 Å². The molecular weight excluding hydrogens is 329 g/mol. The van der Waals surface area contributed by atoms with E-state index in [1.165, 1.54) is 0 Å². The first-order valence-electron chi connectivity index (χ1n) is 5.84. The zero-order valence-electron chi connectivity index (χ0n) is 10.9. The maximum absolute atomic E-state index is 14.0. The number of nitrogens with zero attached hydrogens (tertiary/aromatic N) is 2. The Labute approximate surface area is 121 Å². The number of nitrogens with two attached hydrogens (primary N) is 2. The van der Waals surface area contributed by atoms with Crippen molar-refractivity contribution in [2.75, 3.05) is 12.3 Å². The van der Waals surface area contributed by atoms with E-state index in [-0.39, 0.29) is 5.82 Å². The zero-order valence-corrected chi connectivity index (χ0v) is 11.8. The molecular formula is C9H13F2N4O6P. The van der Waals surface area contributed by atoms with Gasteiger partial charge in [0.2, 0.25) is 6.23 Å². The molecule has 2 rings (SSSR count). The van der Waals surface area contributed by atoms with Crippen LogP contribution in [0.1, 0.15) is 6.23 Å². The fourth-order valence-corrected chi connectivity index (χ4v) is 2.25.